The van der Waals surface area contributed by atoms with Crippen molar-refractivity contribution in [3.8, 4) is 0 Å². The first kappa shape index (κ1) is 15.0. The van der Waals surface area contributed by atoms with Crippen molar-refractivity contribution in [2.75, 3.05) is 13.2 Å². The van der Waals surface area contributed by atoms with Crippen molar-refractivity contribution in [3.63, 3.8) is 0 Å². The molecule has 4 heteroatoms. The number of nitrogens with zero attached hydrogens (tertiary/aromatic N) is 1. The first-order valence-corrected chi connectivity index (χ1v) is 7.72. The predicted molar refractivity (Wildman–Crippen MR) is 81.9 cm³/mol. The SMILES string of the molecule is CC(N)C(c1ccccc1Br)N1CCC(C)C1CO. The van der Waals surface area contributed by atoms with Gasteiger partial charge in [-0.05, 0) is 37.4 Å². The number of rotatable bonds is 4. The summed E-state index contributed by atoms with van der Waals surface area (Å²) in [5, 5.41) is 9.66. The largest absolute Gasteiger partial charge is 0.395 e. The number of aliphatic hydroxyl groups is 1. The van der Waals surface area contributed by atoms with E-state index in [1.54, 1.807) is 0 Å². The number of hydrogen-bond donors (Lipinski definition) is 2. The minimum absolute atomic E-state index is 0.0260. The standard InChI is InChI=1S/C15H23BrN2O/c1-10-7-8-18(14(10)9-19)15(11(2)17)12-5-3-4-6-13(12)16/h3-6,10-11,14-15,19H,7-9,17H2,1-2H3. The van der Waals surface area contributed by atoms with E-state index in [0.717, 1.165) is 17.4 Å². The van der Waals surface area contributed by atoms with E-state index in [0.29, 0.717) is 5.92 Å². The Labute approximate surface area is 123 Å². The van der Waals surface area contributed by atoms with Crippen LogP contribution in [0.25, 0.3) is 0 Å². The maximum absolute atomic E-state index is 9.66. The Bertz CT molecular complexity index is 424. The van der Waals surface area contributed by atoms with Crippen molar-refractivity contribution >= 4 is 15.9 Å². The predicted octanol–water partition coefficient (Wildman–Crippen LogP) is 2.54. The Morgan fingerprint density at radius 1 is 1.47 bits per heavy atom. The summed E-state index contributed by atoms with van der Waals surface area (Å²) in [6.45, 7) is 5.45. The number of nitrogens with two attached hydrogens (primary N) is 1. The molecule has 0 radical (unpaired) electrons. The maximum Gasteiger partial charge on any atom is 0.0589 e. The van der Waals surface area contributed by atoms with E-state index in [2.05, 4.69) is 39.9 Å². The maximum atomic E-state index is 9.66. The first-order chi connectivity index (χ1) is 9.06. The molecule has 0 bridgehead atoms. The van der Waals surface area contributed by atoms with Crippen LogP contribution in [0.1, 0.15) is 31.9 Å². The van der Waals surface area contributed by atoms with E-state index >= 15 is 0 Å². The lowest BCUT2D eigenvalue weighted by atomic mass is 9.97. The van der Waals surface area contributed by atoms with Gasteiger partial charge in [-0.25, -0.2) is 0 Å². The highest BCUT2D eigenvalue weighted by Gasteiger charge is 2.37. The summed E-state index contributed by atoms with van der Waals surface area (Å²) < 4.78 is 1.09. The molecule has 1 saturated heterocycles. The summed E-state index contributed by atoms with van der Waals surface area (Å²) in [6, 6.07) is 8.62. The van der Waals surface area contributed by atoms with Crippen LogP contribution in [0.2, 0.25) is 0 Å². The van der Waals surface area contributed by atoms with Gasteiger partial charge in [0, 0.05) is 16.6 Å². The van der Waals surface area contributed by atoms with Crippen LogP contribution in [0, 0.1) is 5.92 Å². The minimum Gasteiger partial charge on any atom is -0.395 e. The Morgan fingerprint density at radius 2 is 2.16 bits per heavy atom. The smallest absolute Gasteiger partial charge is 0.0589 e. The van der Waals surface area contributed by atoms with E-state index in [9.17, 15) is 5.11 Å². The topological polar surface area (TPSA) is 49.5 Å². The molecule has 106 valence electrons. The fourth-order valence-electron chi connectivity index (χ4n) is 3.15. The zero-order chi connectivity index (χ0) is 14.0. The summed E-state index contributed by atoms with van der Waals surface area (Å²) in [5.41, 5.74) is 7.45. The fraction of sp³-hybridized carbons (Fsp3) is 0.600. The van der Waals surface area contributed by atoms with Crippen LogP contribution in [0.3, 0.4) is 0 Å². The zero-order valence-electron chi connectivity index (χ0n) is 11.6. The number of hydrogen-bond acceptors (Lipinski definition) is 3. The van der Waals surface area contributed by atoms with Crippen LogP contribution in [0.4, 0.5) is 0 Å². The Morgan fingerprint density at radius 3 is 2.74 bits per heavy atom. The summed E-state index contributed by atoms with van der Waals surface area (Å²) in [5.74, 6) is 0.522. The third-order valence-corrected chi connectivity index (χ3v) is 4.91. The summed E-state index contributed by atoms with van der Waals surface area (Å²) in [4.78, 5) is 2.37. The van der Waals surface area contributed by atoms with Crippen molar-refractivity contribution in [1.82, 2.24) is 4.90 Å². The molecule has 1 aliphatic heterocycles. The van der Waals surface area contributed by atoms with Gasteiger partial charge in [0.2, 0.25) is 0 Å². The second-order valence-electron chi connectivity index (χ2n) is 5.58. The number of halogens is 1. The van der Waals surface area contributed by atoms with Gasteiger partial charge >= 0.3 is 0 Å². The minimum atomic E-state index is 0.0260. The van der Waals surface area contributed by atoms with Gasteiger partial charge in [-0.15, -0.1) is 0 Å². The number of likely N-dealkylation sites (tertiary alicyclic amines) is 1. The molecule has 1 fully saturated rings. The molecule has 0 aromatic heterocycles. The molecule has 19 heavy (non-hydrogen) atoms. The Balaban J connectivity index is 2.34. The van der Waals surface area contributed by atoms with Crippen LogP contribution in [0.15, 0.2) is 28.7 Å². The van der Waals surface area contributed by atoms with Gasteiger partial charge in [0.15, 0.2) is 0 Å². The summed E-state index contributed by atoms with van der Waals surface area (Å²) in [7, 11) is 0. The average molecular weight is 327 g/mol. The van der Waals surface area contributed by atoms with Crippen molar-refractivity contribution in [2.45, 2.75) is 38.4 Å². The van der Waals surface area contributed by atoms with Crippen LogP contribution in [0.5, 0.6) is 0 Å². The molecule has 3 N–H and O–H groups in total. The molecule has 1 aromatic carbocycles. The summed E-state index contributed by atoms with van der Waals surface area (Å²) in [6.07, 6.45) is 1.12. The van der Waals surface area contributed by atoms with E-state index in [-0.39, 0.29) is 24.7 Å². The van der Waals surface area contributed by atoms with E-state index < -0.39 is 0 Å². The highest BCUT2D eigenvalue weighted by molar-refractivity contribution is 9.10. The van der Waals surface area contributed by atoms with Gasteiger partial charge in [-0.3, -0.25) is 4.90 Å². The highest BCUT2D eigenvalue weighted by atomic mass is 79.9. The molecule has 0 aliphatic carbocycles. The molecule has 0 amide bonds. The van der Waals surface area contributed by atoms with Gasteiger partial charge in [0.1, 0.15) is 0 Å². The highest BCUT2D eigenvalue weighted by Crippen LogP contribution is 2.36. The third kappa shape index (κ3) is 3.02. The normalized spacial score (nSPS) is 27.4. The van der Waals surface area contributed by atoms with Crippen molar-refractivity contribution in [3.05, 3.63) is 34.3 Å². The van der Waals surface area contributed by atoms with E-state index in [4.69, 9.17) is 5.73 Å². The molecule has 0 spiro atoms. The van der Waals surface area contributed by atoms with Crippen molar-refractivity contribution in [2.24, 2.45) is 11.7 Å². The lowest BCUT2D eigenvalue weighted by Gasteiger charge is -2.36. The molecule has 2 rings (SSSR count). The average Bonchev–Trinajstić information content (AvgIpc) is 2.73. The lowest BCUT2D eigenvalue weighted by molar-refractivity contribution is 0.0925. The van der Waals surface area contributed by atoms with E-state index in [1.807, 2.05) is 19.1 Å². The van der Waals surface area contributed by atoms with Gasteiger partial charge in [-0.1, -0.05) is 41.1 Å². The molecular weight excluding hydrogens is 304 g/mol. The summed E-state index contributed by atoms with van der Waals surface area (Å²) >= 11 is 3.62. The second-order valence-corrected chi connectivity index (χ2v) is 6.43. The monoisotopic (exact) mass is 326 g/mol. The van der Waals surface area contributed by atoms with Crippen LogP contribution < -0.4 is 5.73 Å². The molecule has 1 heterocycles. The number of aliphatic hydroxyl groups excluding tert-OH is 1. The van der Waals surface area contributed by atoms with Crippen molar-refractivity contribution in [1.29, 1.82) is 0 Å². The van der Waals surface area contributed by atoms with Gasteiger partial charge in [0.25, 0.3) is 0 Å². The van der Waals surface area contributed by atoms with Gasteiger partial charge in [-0.2, -0.15) is 0 Å². The van der Waals surface area contributed by atoms with Crippen LogP contribution in [-0.4, -0.2) is 35.2 Å². The zero-order valence-corrected chi connectivity index (χ0v) is 13.2. The van der Waals surface area contributed by atoms with Gasteiger partial charge < -0.3 is 10.8 Å². The molecule has 4 atom stereocenters. The van der Waals surface area contributed by atoms with Gasteiger partial charge in [0.05, 0.1) is 12.6 Å². The fourth-order valence-corrected chi connectivity index (χ4v) is 3.67. The molecule has 1 aliphatic rings. The number of benzene rings is 1. The molecule has 1 aromatic rings. The Kier molecular flexibility index (Phi) is 5.01. The van der Waals surface area contributed by atoms with Crippen LogP contribution in [-0.2, 0) is 0 Å². The second kappa shape index (κ2) is 6.35. The first-order valence-electron chi connectivity index (χ1n) is 6.93. The third-order valence-electron chi connectivity index (χ3n) is 4.19. The lowest BCUT2D eigenvalue weighted by Crippen LogP contribution is -2.44. The van der Waals surface area contributed by atoms with Crippen molar-refractivity contribution < 1.29 is 5.11 Å². The molecule has 3 nitrogen and oxygen atoms in total. The van der Waals surface area contributed by atoms with Crippen LogP contribution >= 0.6 is 15.9 Å². The quantitative estimate of drug-likeness (QED) is 0.893. The molecule has 0 saturated carbocycles. The Hall–Kier alpha value is -0.420. The van der Waals surface area contributed by atoms with E-state index in [1.165, 1.54) is 5.56 Å². The molecule has 4 unspecified atom stereocenters. The molecular formula is C15H23BrN2O.